The first kappa shape index (κ1) is 13.6. The second-order valence-corrected chi connectivity index (χ2v) is 4.47. The Morgan fingerprint density at radius 1 is 1.16 bits per heavy atom. The molecule has 1 unspecified atom stereocenters. The molecular formula is C16H20N2O. The predicted molar refractivity (Wildman–Crippen MR) is 78.3 cm³/mol. The predicted octanol–water partition coefficient (Wildman–Crippen LogP) is 3.43. The summed E-state index contributed by atoms with van der Waals surface area (Å²) in [7, 11) is 1.97. The molecule has 0 aliphatic heterocycles. The summed E-state index contributed by atoms with van der Waals surface area (Å²) in [5.74, 6) is 0.813. The van der Waals surface area contributed by atoms with E-state index in [1.54, 1.807) is 6.20 Å². The van der Waals surface area contributed by atoms with Gasteiger partial charge >= 0.3 is 0 Å². The Bertz CT molecular complexity index is 523. The molecule has 1 aromatic heterocycles. The second-order valence-electron chi connectivity index (χ2n) is 4.47. The molecule has 0 radical (unpaired) electrons. The smallest absolute Gasteiger partial charge is 0.138 e. The highest BCUT2D eigenvalue weighted by atomic mass is 16.5. The van der Waals surface area contributed by atoms with E-state index in [-0.39, 0.29) is 0 Å². The fourth-order valence-electron chi connectivity index (χ4n) is 1.95. The molecule has 2 aromatic rings. The van der Waals surface area contributed by atoms with Crippen molar-refractivity contribution in [3.05, 3.63) is 48.3 Å². The van der Waals surface area contributed by atoms with Gasteiger partial charge in [0.2, 0.25) is 0 Å². The summed E-state index contributed by atoms with van der Waals surface area (Å²) in [5.41, 5.74) is 3.51. The summed E-state index contributed by atoms with van der Waals surface area (Å²) in [5, 5.41) is 3.23. The number of hydrogen-bond acceptors (Lipinski definition) is 3. The van der Waals surface area contributed by atoms with Gasteiger partial charge in [-0.15, -0.1) is 0 Å². The molecule has 3 heteroatoms. The summed E-state index contributed by atoms with van der Waals surface area (Å²) in [4.78, 5) is 4.22. The van der Waals surface area contributed by atoms with Crippen LogP contribution in [0, 0.1) is 0 Å². The Balaban J connectivity index is 2.24. The lowest BCUT2D eigenvalue weighted by molar-refractivity contribution is 0.339. The molecule has 0 amide bonds. The largest absolute Gasteiger partial charge is 0.492 e. The zero-order valence-electron chi connectivity index (χ0n) is 11.7. The number of aromatic nitrogens is 1. The van der Waals surface area contributed by atoms with E-state index in [0.29, 0.717) is 12.6 Å². The van der Waals surface area contributed by atoms with Gasteiger partial charge in [0.1, 0.15) is 5.75 Å². The van der Waals surface area contributed by atoms with E-state index in [1.807, 2.05) is 26.2 Å². The minimum absolute atomic E-state index is 0.363. The lowest BCUT2D eigenvalue weighted by Crippen LogP contribution is -2.11. The zero-order valence-corrected chi connectivity index (χ0v) is 11.7. The van der Waals surface area contributed by atoms with Crippen LogP contribution >= 0.6 is 0 Å². The van der Waals surface area contributed by atoms with Gasteiger partial charge < -0.3 is 10.1 Å². The van der Waals surface area contributed by atoms with Gasteiger partial charge in [-0.05, 0) is 38.1 Å². The molecule has 0 aliphatic carbocycles. The van der Waals surface area contributed by atoms with Crippen molar-refractivity contribution in [3.63, 3.8) is 0 Å². The number of rotatable bonds is 5. The number of nitrogens with zero attached hydrogens (tertiary/aromatic N) is 1. The third-order valence-electron chi connectivity index (χ3n) is 3.20. The van der Waals surface area contributed by atoms with Gasteiger partial charge in [0, 0.05) is 17.8 Å². The van der Waals surface area contributed by atoms with Crippen molar-refractivity contribution in [2.75, 3.05) is 13.7 Å². The van der Waals surface area contributed by atoms with Crippen LogP contribution in [-0.4, -0.2) is 18.6 Å². The van der Waals surface area contributed by atoms with Crippen LogP contribution in [0.15, 0.2) is 42.7 Å². The molecule has 1 N–H and O–H groups in total. The summed E-state index contributed by atoms with van der Waals surface area (Å²) in [6, 6.07) is 10.9. The average molecular weight is 256 g/mol. The first-order valence-corrected chi connectivity index (χ1v) is 6.60. The molecule has 3 nitrogen and oxygen atoms in total. The molecule has 0 aliphatic rings. The van der Waals surface area contributed by atoms with Crippen molar-refractivity contribution in [3.8, 4) is 16.9 Å². The highest BCUT2D eigenvalue weighted by Gasteiger charge is 2.04. The van der Waals surface area contributed by atoms with E-state index in [4.69, 9.17) is 4.74 Å². The third kappa shape index (κ3) is 3.32. The highest BCUT2D eigenvalue weighted by molar-refractivity contribution is 5.64. The average Bonchev–Trinajstić information content (AvgIpc) is 2.47. The molecule has 19 heavy (non-hydrogen) atoms. The van der Waals surface area contributed by atoms with Gasteiger partial charge in [-0.3, -0.25) is 4.98 Å². The van der Waals surface area contributed by atoms with Crippen LogP contribution in [0.3, 0.4) is 0 Å². The third-order valence-corrected chi connectivity index (χ3v) is 3.20. The minimum Gasteiger partial charge on any atom is -0.492 e. The Morgan fingerprint density at radius 3 is 2.53 bits per heavy atom. The van der Waals surface area contributed by atoms with E-state index >= 15 is 0 Å². The van der Waals surface area contributed by atoms with Gasteiger partial charge in [0.15, 0.2) is 0 Å². The van der Waals surface area contributed by atoms with Gasteiger partial charge in [-0.2, -0.15) is 0 Å². The lowest BCUT2D eigenvalue weighted by Gasteiger charge is -2.11. The Morgan fingerprint density at radius 2 is 1.89 bits per heavy atom. The summed E-state index contributed by atoms with van der Waals surface area (Å²) >= 11 is 0. The molecule has 2 rings (SSSR count). The molecule has 0 fully saturated rings. The molecule has 100 valence electrons. The number of ether oxygens (including phenoxy) is 1. The summed E-state index contributed by atoms with van der Waals surface area (Å²) in [6.45, 7) is 4.77. The molecule has 0 spiro atoms. The van der Waals surface area contributed by atoms with Crippen LogP contribution in [0.1, 0.15) is 25.5 Å². The maximum atomic E-state index is 5.47. The summed E-state index contributed by atoms with van der Waals surface area (Å²) < 4.78 is 5.47. The van der Waals surface area contributed by atoms with Crippen LogP contribution in [0.2, 0.25) is 0 Å². The van der Waals surface area contributed by atoms with Crippen molar-refractivity contribution >= 4 is 0 Å². The molecule has 1 aromatic carbocycles. The van der Waals surface area contributed by atoms with Crippen molar-refractivity contribution in [1.29, 1.82) is 0 Å². The molecule has 1 atom stereocenters. The number of hydrogen-bond donors (Lipinski definition) is 1. The SMILES string of the molecule is CCOc1cncc(-c2ccc(C(C)NC)cc2)c1. The normalized spacial score (nSPS) is 12.2. The van der Waals surface area contributed by atoms with Crippen LogP contribution in [-0.2, 0) is 0 Å². The Kier molecular flexibility index (Phi) is 4.53. The van der Waals surface area contributed by atoms with E-state index in [2.05, 4.69) is 41.5 Å². The summed E-state index contributed by atoms with van der Waals surface area (Å²) in [6.07, 6.45) is 3.60. The number of benzene rings is 1. The van der Waals surface area contributed by atoms with Gasteiger partial charge in [0.25, 0.3) is 0 Å². The number of nitrogens with one attached hydrogen (secondary N) is 1. The van der Waals surface area contributed by atoms with Gasteiger partial charge in [0.05, 0.1) is 12.8 Å². The molecule has 0 saturated carbocycles. The molecular weight excluding hydrogens is 236 g/mol. The van der Waals surface area contributed by atoms with E-state index in [1.165, 1.54) is 5.56 Å². The fraction of sp³-hybridized carbons (Fsp3) is 0.312. The zero-order chi connectivity index (χ0) is 13.7. The minimum atomic E-state index is 0.363. The van der Waals surface area contributed by atoms with Gasteiger partial charge in [-0.1, -0.05) is 24.3 Å². The van der Waals surface area contributed by atoms with Crippen molar-refractivity contribution in [2.45, 2.75) is 19.9 Å². The second kappa shape index (κ2) is 6.34. The van der Waals surface area contributed by atoms with E-state index in [0.717, 1.165) is 16.9 Å². The van der Waals surface area contributed by atoms with Crippen LogP contribution in [0.5, 0.6) is 5.75 Å². The van der Waals surface area contributed by atoms with E-state index in [9.17, 15) is 0 Å². The van der Waals surface area contributed by atoms with Crippen molar-refractivity contribution < 1.29 is 4.74 Å². The Hall–Kier alpha value is -1.87. The van der Waals surface area contributed by atoms with Crippen molar-refractivity contribution in [1.82, 2.24) is 10.3 Å². The molecule has 1 heterocycles. The number of pyridine rings is 1. The quantitative estimate of drug-likeness (QED) is 0.890. The molecule has 0 bridgehead atoms. The maximum absolute atomic E-state index is 5.47. The first-order valence-electron chi connectivity index (χ1n) is 6.60. The van der Waals surface area contributed by atoms with Crippen LogP contribution in [0.4, 0.5) is 0 Å². The topological polar surface area (TPSA) is 34.1 Å². The monoisotopic (exact) mass is 256 g/mol. The van der Waals surface area contributed by atoms with Crippen LogP contribution in [0.25, 0.3) is 11.1 Å². The van der Waals surface area contributed by atoms with Crippen LogP contribution < -0.4 is 10.1 Å². The lowest BCUT2D eigenvalue weighted by atomic mass is 10.0. The fourth-order valence-corrected chi connectivity index (χ4v) is 1.95. The highest BCUT2D eigenvalue weighted by Crippen LogP contribution is 2.24. The Labute approximate surface area is 114 Å². The first-order chi connectivity index (χ1) is 9.24. The maximum Gasteiger partial charge on any atom is 0.138 e. The van der Waals surface area contributed by atoms with E-state index < -0.39 is 0 Å². The standard InChI is InChI=1S/C16H20N2O/c1-4-19-16-9-15(10-18-11-16)14-7-5-13(6-8-14)12(2)17-3/h5-12,17H,4H2,1-3H3. The van der Waals surface area contributed by atoms with Gasteiger partial charge in [-0.25, -0.2) is 0 Å². The molecule has 0 saturated heterocycles. The van der Waals surface area contributed by atoms with Crippen molar-refractivity contribution in [2.24, 2.45) is 0 Å².